The fourth-order valence-electron chi connectivity index (χ4n) is 2.24. The molecule has 2 aromatic rings. The van der Waals surface area contributed by atoms with E-state index in [1.807, 2.05) is 0 Å². The minimum atomic E-state index is -0.385. The van der Waals surface area contributed by atoms with Gasteiger partial charge in [-0.15, -0.1) is 0 Å². The van der Waals surface area contributed by atoms with Crippen molar-refractivity contribution in [3.8, 4) is 11.5 Å². The van der Waals surface area contributed by atoms with Gasteiger partial charge in [-0.3, -0.25) is 14.9 Å². The summed E-state index contributed by atoms with van der Waals surface area (Å²) >= 11 is 5.19. The molecule has 0 spiro atoms. The van der Waals surface area contributed by atoms with Gasteiger partial charge < -0.3 is 20.1 Å². The van der Waals surface area contributed by atoms with Gasteiger partial charge in [0.05, 0.1) is 14.2 Å². The van der Waals surface area contributed by atoms with Gasteiger partial charge in [0.2, 0.25) is 5.91 Å². The highest BCUT2D eigenvalue weighted by Gasteiger charge is 2.12. The maximum atomic E-state index is 12.4. The van der Waals surface area contributed by atoms with Crippen molar-refractivity contribution in [3.05, 3.63) is 48.0 Å². The van der Waals surface area contributed by atoms with E-state index in [1.54, 1.807) is 49.4 Å². The standard InChI is InChI=1S/C19H21N3O4S/c1-4-17(23)20-13-6-5-7-14(11-13)21-19(27)22-18(24)12-8-9-15(25-2)16(10-12)26-3/h5-11H,4H2,1-3H3,(H,20,23)(H2,21,22,24,27). The lowest BCUT2D eigenvalue weighted by atomic mass is 10.2. The second-order valence-corrected chi connectivity index (χ2v) is 5.87. The van der Waals surface area contributed by atoms with Crippen LogP contribution < -0.4 is 25.4 Å². The third-order valence-corrected chi connectivity index (χ3v) is 3.80. The fraction of sp³-hybridized carbons (Fsp3) is 0.211. The lowest BCUT2D eigenvalue weighted by Crippen LogP contribution is -2.34. The summed E-state index contributed by atoms with van der Waals surface area (Å²) in [7, 11) is 3.02. The zero-order valence-electron chi connectivity index (χ0n) is 15.3. The highest BCUT2D eigenvalue weighted by molar-refractivity contribution is 7.80. The highest BCUT2D eigenvalue weighted by Crippen LogP contribution is 2.27. The Kier molecular flexibility index (Phi) is 7.13. The van der Waals surface area contributed by atoms with E-state index in [4.69, 9.17) is 21.7 Å². The minimum absolute atomic E-state index is 0.0866. The summed E-state index contributed by atoms with van der Waals surface area (Å²) in [6.45, 7) is 1.77. The molecule has 0 aliphatic rings. The van der Waals surface area contributed by atoms with E-state index in [9.17, 15) is 9.59 Å². The first kappa shape index (κ1) is 20.2. The summed E-state index contributed by atoms with van der Waals surface area (Å²) in [6, 6.07) is 11.9. The van der Waals surface area contributed by atoms with Crippen LogP contribution in [0.25, 0.3) is 0 Å². The number of ether oxygens (including phenoxy) is 2. The van der Waals surface area contributed by atoms with Crippen molar-refractivity contribution in [1.82, 2.24) is 5.32 Å². The lowest BCUT2D eigenvalue weighted by Gasteiger charge is -2.12. The third kappa shape index (κ3) is 5.68. The molecule has 0 fully saturated rings. The number of nitrogens with one attached hydrogen (secondary N) is 3. The zero-order valence-corrected chi connectivity index (χ0v) is 16.1. The summed E-state index contributed by atoms with van der Waals surface area (Å²) < 4.78 is 10.3. The predicted octanol–water partition coefficient (Wildman–Crippen LogP) is 3.18. The highest BCUT2D eigenvalue weighted by atomic mass is 32.1. The van der Waals surface area contributed by atoms with Gasteiger partial charge in [0.1, 0.15) is 0 Å². The first-order chi connectivity index (χ1) is 13.0. The van der Waals surface area contributed by atoms with Crippen LogP contribution in [0.3, 0.4) is 0 Å². The van der Waals surface area contributed by atoms with Gasteiger partial charge >= 0.3 is 0 Å². The summed E-state index contributed by atoms with van der Waals surface area (Å²) in [6.07, 6.45) is 0.386. The topological polar surface area (TPSA) is 88.7 Å². The molecule has 2 amide bonds. The van der Waals surface area contributed by atoms with Gasteiger partial charge in [-0.25, -0.2) is 0 Å². The van der Waals surface area contributed by atoms with Gasteiger partial charge in [0.25, 0.3) is 5.91 Å². The van der Waals surface area contributed by atoms with Crippen LogP contribution in [0, 0.1) is 0 Å². The van der Waals surface area contributed by atoms with Crippen LogP contribution in [-0.2, 0) is 4.79 Å². The molecule has 0 saturated heterocycles. The van der Waals surface area contributed by atoms with Crippen LogP contribution in [0.2, 0.25) is 0 Å². The summed E-state index contributed by atoms with van der Waals surface area (Å²) in [5.74, 6) is 0.504. The molecule has 0 unspecified atom stereocenters. The number of rotatable bonds is 6. The number of anilines is 2. The van der Waals surface area contributed by atoms with Crippen LogP contribution in [0.15, 0.2) is 42.5 Å². The predicted molar refractivity (Wildman–Crippen MR) is 109 cm³/mol. The molecule has 0 heterocycles. The molecular weight excluding hydrogens is 366 g/mol. The molecular formula is C19H21N3O4S. The molecule has 142 valence electrons. The smallest absolute Gasteiger partial charge is 0.257 e. The molecule has 0 aromatic heterocycles. The Bertz CT molecular complexity index is 855. The second-order valence-electron chi connectivity index (χ2n) is 5.46. The van der Waals surface area contributed by atoms with E-state index in [2.05, 4.69) is 16.0 Å². The molecule has 3 N–H and O–H groups in total. The van der Waals surface area contributed by atoms with Crippen molar-refractivity contribution in [2.45, 2.75) is 13.3 Å². The van der Waals surface area contributed by atoms with Crippen molar-refractivity contribution in [2.75, 3.05) is 24.9 Å². The van der Waals surface area contributed by atoms with Gasteiger partial charge in [-0.1, -0.05) is 13.0 Å². The second kappa shape index (κ2) is 9.54. The Labute approximate surface area is 163 Å². The van der Waals surface area contributed by atoms with Gasteiger partial charge in [-0.2, -0.15) is 0 Å². The Morgan fingerprint density at radius 2 is 1.63 bits per heavy atom. The van der Waals surface area contributed by atoms with Crippen LogP contribution >= 0.6 is 12.2 Å². The number of thiocarbonyl (C=S) groups is 1. The molecule has 0 atom stereocenters. The number of carbonyl (C=O) groups excluding carboxylic acids is 2. The molecule has 0 saturated carbocycles. The van der Waals surface area contributed by atoms with Crippen LogP contribution in [0.5, 0.6) is 11.5 Å². The molecule has 0 aliphatic carbocycles. The molecule has 2 rings (SSSR count). The number of hydrogen-bond donors (Lipinski definition) is 3. The van der Waals surface area contributed by atoms with Crippen LogP contribution in [0.4, 0.5) is 11.4 Å². The third-order valence-electron chi connectivity index (χ3n) is 3.60. The van der Waals surface area contributed by atoms with Crippen molar-refractivity contribution < 1.29 is 19.1 Å². The average Bonchev–Trinajstić information content (AvgIpc) is 2.67. The zero-order chi connectivity index (χ0) is 19.8. The minimum Gasteiger partial charge on any atom is -0.493 e. The van der Waals surface area contributed by atoms with E-state index in [0.717, 1.165) is 0 Å². The van der Waals surface area contributed by atoms with Gasteiger partial charge in [0, 0.05) is 23.4 Å². The number of carbonyl (C=O) groups is 2. The number of benzene rings is 2. The van der Waals surface area contributed by atoms with E-state index >= 15 is 0 Å². The molecule has 0 bridgehead atoms. The van der Waals surface area contributed by atoms with E-state index in [0.29, 0.717) is 34.9 Å². The largest absolute Gasteiger partial charge is 0.493 e. The molecule has 27 heavy (non-hydrogen) atoms. The van der Waals surface area contributed by atoms with Crippen LogP contribution in [-0.4, -0.2) is 31.1 Å². The quantitative estimate of drug-likeness (QED) is 0.660. The Morgan fingerprint density at radius 3 is 2.26 bits per heavy atom. The fourth-order valence-corrected chi connectivity index (χ4v) is 2.45. The molecule has 2 aromatic carbocycles. The first-order valence-electron chi connectivity index (χ1n) is 8.21. The van der Waals surface area contributed by atoms with Crippen molar-refractivity contribution in [3.63, 3.8) is 0 Å². The van der Waals surface area contributed by atoms with E-state index < -0.39 is 0 Å². The monoisotopic (exact) mass is 387 g/mol. The number of amides is 2. The Hall–Kier alpha value is -3.13. The number of methoxy groups -OCH3 is 2. The van der Waals surface area contributed by atoms with Crippen LogP contribution in [0.1, 0.15) is 23.7 Å². The van der Waals surface area contributed by atoms with Crippen molar-refractivity contribution >= 4 is 40.5 Å². The van der Waals surface area contributed by atoms with E-state index in [1.165, 1.54) is 14.2 Å². The number of hydrogen-bond acceptors (Lipinski definition) is 5. The summed E-state index contributed by atoms with van der Waals surface area (Å²) in [5.41, 5.74) is 1.66. The van der Waals surface area contributed by atoms with Gasteiger partial charge in [-0.05, 0) is 48.6 Å². The summed E-state index contributed by atoms with van der Waals surface area (Å²) in [4.78, 5) is 23.9. The Morgan fingerprint density at radius 1 is 0.963 bits per heavy atom. The molecule has 8 heteroatoms. The van der Waals surface area contributed by atoms with Crippen molar-refractivity contribution in [2.24, 2.45) is 0 Å². The first-order valence-corrected chi connectivity index (χ1v) is 8.62. The summed E-state index contributed by atoms with van der Waals surface area (Å²) in [5, 5.41) is 8.41. The molecule has 0 radical (unpaired) electrons. The maximum absolute atomic E-state index is 12.4. The SMILES string of the molecule is CCC(=O)Nc1cccc(NC(=S)NC(=O)c2ccc(OC)c(OC)c2)c1. The van der Waals surface area contributed by atoms with Crippen molar-refractivity contribution in [1.29, 1.82) is 0 Å². The van der Waals surface area contributed by atoms with E-state index in [-0.39, 0.29) is 16.9 Å². The normalized spacial score (nSPS) is 9.89. The lowest BCUT2D eigenvalue weighted by molar-refractivity contribution is -0.115. The molecule has 7 nitrogen and oxygen atoms in total. The maximum Gasteiger partial charge on any atom is 0.257 e. The van der Waals surface area contributed by atoms with Gasteiger partial charge in [0.15, 0.2) is 16.6 Å². The Balaban J connectivity index is 2.02. The molecule has 0 aliphatic heterocycles. The average molecular weight is 387 g/mol.